The van der Waals surface area contributed by atoms with Crippen molar-refractivity contribution < 1.29 is 23.4 Å². The van der Waals surface area contributed by atoms with Gasteiger partial charge in [0, 0.05) is 6.54 Å². The normalized spacial score (nSPS) is 16.9. The molecule has 1 fully saturated rings. The summed E-state index contributed by atoms with van der Waals surface area (Å²) >= 11 is 0. The van der Waals surface area contributed by atoms with Crippen LogP contribution in [0.4, 0.5) is 5.69 Å². The average Bonchev–Trinajstić information content (AvgIpc) is 3.19. The summed E-state index contributed by atoms with van der Waals surface area (Å²) in [4.78, 5) is 10.6. The zero-order valence-corrected chi connectivity index (χ0v) is 11.4. The molecular formula is C12H16N2O5S. The molecule has 0 aliphatic heterocycles. The molecule has 1 aliphatic carbocycles. The summed E-state index contributed by atoms with van der Waals surface area (Å²) in [5.41, 5.74) is 5.35. The first-order valence-electron chi connectivity index (χ1n) is 6.12. The third-order valence-electron chi connectivity index (χ3n) is 3.19. The lowest BCUT2D eigenvalue weighted by molar-refractivity contribution is 0.0697. The zero-order valence-electron chi connectivity index (χ0n) is 10.6. The number of benzene rings is 1. The number of rotatable bonds is 6. The molecular weight excluding hydrogens is 284 g/mol. The number of aliphatic hydroxyl groups excluding tert-OH is 1. The van der Waals surface area contributed by atoms with E-state index in [2.05, 4.69) is 4.72 Å². The molecule has 1 unspecified atom stereocenters. The Bertz CT molecular complexity index is 625. The smallest absolute Gasteiger partial charge is 0.335 e. The van der Waals surface area contributed by atoms with Crippen LogP contribution in [0.5, 0.6) is 0 Å². The predicted octanol–water partition coefficient (Wildman–Crippen LogP) is 0.0162. The highest BCUT2D eigenvalue weighted by molar-refractivity contribution is 7.89. The van der Waals surface area contributed by atoms with Gasteiger partial charge in [-0.2, -0.15) is 0 Å². The number of hydrogen-bond acceptors (Lipinski definition) is 5. The molecule has 0 aromatic heterocycles. The zero-order chi connectivity index (χ0) is 14.9. The van der Waals surface area contributed by atoms with E-state index in [1.807, 2.05) is 0 Å². The molecule has 1 atom stereocenters. The molecule has 0 radical (unpaired) electrons. The molecule has 0 saturated heterocycles. The molecule has 0 spiro atoms. The molecule has 0 amide bonds. The van der Waals surface area contributed by atoms with Gasteiger partial charge in [-0.3, -0.25) is 0 Å². The van der Waals surface area contributed by atoms with Crippen LogP contribution in [-0.4, -0.2) is 37.2 Å². The number of nitrogens with one attached hydrogen (secondary N) is 1. The molecule has 0 bridgehead atoms. The van der Waals surface area contributed by atoms with E-state index in [0.29, 0.717) is 0 Å². The molecule has 110 valence electrons. The molecule has 1 aromatic rings. The minimum atomic E-state index is -3.86. The summed E-state index contributed by atoms with van der Waals surface area (Å²) in [7, 11) is -3.86. The van der Waals surface area contributed by atoms with Crippen LogP contribution in [-0.2, 0) is 10.0 Å². The first-order chi connectivity index (χ1) is 9.31. The Balaban J connectivity index is 2.14. The summed E-state index contributed by atoms with van der Waals surface area (Å²) in [6.07, 6.45) is 1.10. The van der Waals surface area contributed by atoms with Crippen LogP contribution >= 0.6 is 0 Å². The largest absolute Gasteiger partial charge is 0.478 e. The Morgan fingerprint density at radius 2 is 2.10 bits per heavy atom. The van der Waals surface area contributed by atoms with Gasteiger partial charge in [0.15, 0.2) is 0 Å². The maximum Gasteiger partial charge on any atom is 0.335 e. The standard InChI is InChI=1S/C12H16N2O5S/c13-9-5-8(12(16)17)3-4-11(9)20(18,19)14-6-10(15)7-1-2-7/h3-5,7,10,14-15H,1-2,6,13H2,(H,16,17). The van der Waals surface area contributed by atoms with Gasteiger partial charge < -0.3 is 15.9 Å². The van der Waals surface area contributed by atoms with Gasteiger partial charge in [0.05, 0.1) is 17.4 Å². The van der Waals surface area contributed by atoms with Gasteiger partial charge in [0.1, 0.15) is 4.90 Å². The summed E-state index contributed by atoms with van der Waals surface area (Å²) in [6, 6.07) is 3.41. The summed E-state index contributed by atoms with van der Waals surface area (Å²) in [5.74, 6) is -1.03. The van der Waals surface area contributed by atoms with Crippen molar-refractivity contribution in [2.75, 3.05) is 12.3 Å². The average molecular weight is 300 g/mol. The van der Waals surface area contributed by atoms with Crippen molar-refractivity contribution in [2.45, 2.75) is 23.8 Å². The Hall–Kier alpha value is -1.64. The van der Waals surface area contributed by atoms with E-state index in [1.165, 1.54) is 6.07 Å². The number of carboxylic acids is 1. The number of aromatic carboxylic acids is 1. The van der Waals surface area contributed by atoms with E-state index in [1.54, 1.807) is 0 Å². The third kappa shape index (κ3) is 3.27. The molecule has 0 heterocycles. The van der Waals surface area contributed by atoms with E-state index in [-0.39, 0.29) is 28.6 Å². The molecule has 2 rings (SSSR count). The Morgan fingerprint density at radius 3 is 2.60 bits per heavy atom. The molecule has 1 saturated carbocycles. The van der Waals surface area contributed by atoms with E-state index in [0.717, 1.165) is 25.0 Å². The molecule has 20 heavy (non-hydrogen) atoms. The van der Waals surface area contributed by atoms with Crippen LogP contribution in [0.2, 0.25) is 0 Å². The summed E-state index contributed by atoms with van der Waals surface area (Å²) < 4.78 is 26.3. The van der Waals surface area contributed by atoms with Crippen LogP contribution in [0, 0.1) is 5.92 Å². The van der Waals surface area contributed by atoms with Crippen LogP contribution in [0.3, 0.4) is 0 Å². The number of anilines is 1. The van der Waals surface area contributed by atoms with Crippen LogP contribution in [0.1, 0.15) is 23.2 Å². The van der Waals surface area contributed by atoms with E-state index >= 15 is 0 Å². The lowest BCUT2D eigenvalue weighted by Gasteiger charge is -2.12. The highest BCUT2D eigenvalue weighted by atomic mass is 32.2. The van der Waals surface area contributed by atoms with Crippen molar-refractivity contribution in [1.29, 1.82) is 0 Å². The lowest BCUT2D eigenvalue weighted by Crippen LogP contribution is -2.33. The van der Waals surface area contributed by atoms with Crippen molar-refractivity contribution in [3.63, 3.8) is 0 Å². The van der Waals surface area contributed by atoms with Crippen molar-refractivity contribution in [3.05, 3.63) is 23.8 Å². The third-order valence-corrected chi connectivity index (χ3v) is 4.69. The van der Waals surface area contributed by atoms with Gasteiger partial charge in [-0.25, -0.2) is 17.9 Å². The fourth-order valence-corrected chi connectivity index (χ4v) is 3.01. The molecule has 8 heteroatoms. The van der Waals surface area contributed by atoms with E-state index < -0.39 is 22.1 Å². The van der Waals surface area contributed by atoms with Crippen molar-refractivity contribution in [2.24, 2.45) is 5.92 Å². The maximum absolute atomic E-state index is 12.0. The number of carboxylic acid groups (broad SMARTS) is 1. The first kappa shape index (κ1) is 14.8. The van der Waals surface area contributed by atoms with Crippen LogP contribution in [0.25, 0.3) is 0 Å². The second-order valence-corrected chi connectivity index (χ2v) is 6.55. The van der Waals surface area contributed by atoms with Gasteiger partial charge >= 0.3 is 5.97 Å². The first-order valence-corrected chi connectivity index (χ1v) is 7.60. The van der Waals surface area contributed by atoms with Gasteiger partial charge in [-0.15, -0.1) is 0 Å². The molecule has 5 N–H and O–H groups in total. The highest BCUT2D eigenvalue weighted by Crippen LogP contribution is 2.32. The number of aliphatic hydroxyl groups is 1. The highest BCUT2D eigenvalue weighted by Gasteiger charge is 2.30. The molecule has 7 nitrogen and oxygen atoms in total. The maximum atomic E-state index is 12.0. The number of sulfonamides is 1. The van der Waals surface area contributed by atoms with Crippen molar-refractivity contribution in [1.82, 2.24) is 4.72 Å². The Labute approximate surface area is 116 Å². The minimum absolute atomic E-state index is 0.0763. The van der Waals surface area contributed by atoms with E-state index in [4.69, 9.17) is 10.8 Å². The van der Waals surface area contributed by atoms with Gasteiger partial charge in [0.25, 0.3) is 0 Å². The van der Waals surface area contributed by atoms with Gasteiger partial charge in [0.2, 0.25) is 10.0 Å². The number of nitrogen functional groups attached to an aromatic ring is 1. The predicted molar refractivity (Wildman–Crippen MR) is 71.7 cm³/mol. The monoisotopic (exact) mass is 300 g/mol. The number of nitrogens with two attached hydrogens (primary N) is 1. The quantitative estimate of drug-likeness (QED) is 0.548. The number of carbonyl (C=O) groups is 1. The second-order valence-electron chi connectivity index (χ2n) is 4.81. The molecule has 1 aliphatic rings. The minimum Gasteiger partial charge on any atom is -0.478 e. The SMILES string of the molecule is Nc1cc(C(=O)O)ccc1S(=O)(=O)NCC(O)C1CC1. The van der Waals surface area contributed by atoms with Crippen LogP contribution < -0.4 is 10.5 Å². The Kier molecular flexibility index (Phi) is 3.98. The summed E-state index contributed by atoms with van der Waals surface area (Å²) in [5, 5.41) is 18.4. The molecule has 1 aromatic carbocycles. The Morgan fingerprint density at radius 1 is 1.45 bits per heavy atom. The van der Waals surface area contributed by atoms with Gasteiger partial charge in [-0.05, 0) is 37.0 Å². The topological polar surface area (TPSA) is 130 Å². The number of hydrogen-bond donors (Lipinski definition) is 4. The van der Waals surface area contributed by atoms with Crippen molar-refractivity contribution >= 4 is 21.7 Å². The van der Waals surface area contributed by atoms with E-state index in [9.17, 15) is 18.3 Å². The van der Waals surface area contributed by atoms with Gasteiger partial charge in [-0.1, -0.05) is 0 Å². The fraction of sp³-hybridized carbons (Fsp3) is 0.417. The van der Waals surface area contributed by atoms with Crippen molar-refractivity contribution in [3.8, 4) is 0 Å². The lowest BCUT2D eigenvalue weighted by atomic mass is 10.2. The van der Waals surface area contributed by atoms with Crippen LogP contribution in [0.15, 0.2) is 23.1 Å². The fourth-order valence-electron chi connectivity index (χ4n) is 1.85. The second kappa shape index (κ2) is 5.39. The summed E-state index contributed by atoms with van der Waals surface area (Å²) in [6.45, 7) is -0.0763.